The summed E-state index contributed by atoms with van der Waals surface area (Å²) >= 11 is 3.49. The molecule has 1 aliphatic carbocycles. The zero-order chi connectivity index (χ0) is 12.5. The Morgan fingerprint density at radius 3 is 2.94 bits per heavy atom. The average Bonchev–Trinajstić information content (AvgIpc) is 2.99. The first kappa shape index (κ1) is 12.0. The molecular weight excluding hydrogens is 292 g/mol. The van der Waals surface area contributed by atoms with Crippen LogP contribution in [0.15, 0.2) is 23.2 Å². The van der Waals surface area contributed by atoms with Crippen LogP contribution in [0.3, 0.4) is 0 Å². The van der Waals surface area contributed by atoms with Crippen molar-refractivity contribution in [3.05, 3.63) is 23.2 Å². The summed E-state index contributed by atoms with van der Waals surface area (Å²) in [6.45, 7) is 3.18. The molecule has 0 unspecified atom stereocenters. The van der Waals surface area contributed by atoms with E-state index in [1.54, 1.807) is 0 Å². The van der Waals surface area contributed by atoms with Gasteiger partial charge in [-0.1, -0.05) is 12.8 Å². The topological polar surface area (TPSA) is 33.4 Å². The Kier molecular flexibility index (Phi) is 3.24. The molecule has 96 valence electrons. The molecule has 2 aromatic heterocycles. The largest absolute Gasteiger partial charge is 0.351 e. The molecule has 0 radical (unpaired) electrons. The SMILES string of the molecule is CCN(c1nc(Br)cn2ccnc12)C1CCCC1. The number of imidazole rings is 1. The van der Waals surface area contributed by atoms with Gasteiger partial charge in [0, 0.05) is 31.2 Å². The van der Waals surface area contributed by atoms with Crippen molar-refractivity contribution in [1.82, 2.24) is 14.4 Å². The Bertz CT molecular complexity index is 545. The Morgan fingerprint density at radius 2 is 2.22 bits per heavy atom. The summed E-state index contributed by atoms with van der Waals surface area (Å²) in [5.74, 6) is 1.00. The molecule has 0 bridgehead atoms. The fraction of sp³-hybridized carbons (Fsp3) is 0.538. The van der Waals surface area contributed by atoms with Crippen molar-refractivity contribution in [1.29, 1.82) is 0 Å². The maximum absolute atomic E-state index is 4.65. The van der Waals surface area contributed by atoms with Gasteiger partial charge in [-0.05, 0) is 35.7 Å². The van der Waals surface area contributed by atoms with Crippen molar-refractivity contribution in [2.45, 2.75) is 38.6 Å². The van der Waals surface area contributed by atoms with Crippen LogP contribution in [0, 0.1) is 0 Å². The summed E-state index contributed by atoms with van der Waals surface area (Å²) in [6, 6.07) is 0.622. The molecule has 0 aromatic carbocycles. The number of fused-ring (bicyclic) bond motifs is 1. The molecule has 0 amide bonds. The molecule has 4 nitrogen and oxygen atoms in total. The number of halogens is 1. The number of aromatic nitrogens is 3. The summed E-state index contributed by atoms with van der Waals surface area (Å²) in [7, 11) is 0. The van der Waals surface area contributed by atoms with Crippen LogP contribution in [0.1, 0.15) is 32.6 Å². The fourth-order valence-corrected chi connectivity index (χ4v) is 3.26. The van der Waals surface area contributed by atoms with Gasteiger partial charge < -0.3 is 9.30 Å². The van der Waals surface area contributed by atoms with Crippen LogP contribution in [0.25, 0.3) is 5.65 Å². The summed E-state index contributed by atoms with van der Waals surface area (Å²) < 4.78 is 2.89. The second-order valence-corrected chi connectivity index (χ2v) is 5.58. The van der Waals surface area contributed by atoms with Gasteiger partial charge in [0.15, 0.2) is 11.5 Å². The number of nitrogens with zero attached hydrogens (tertiary/aromatic N) is 4. The first-order valence-corrected chi connectivity index (χ1v) is 7.34. The van der Waals surface area contributed by atoms with Crippen LogP contribution < -0.4 is 4.90 Å². The second-order valence-electron chi connectivity index (χ2n) is 4.77. The lowest BCUT2D eigenvalue weighted by molar-refractivity contribution is 0.613. The molecule has 5 heteroatoms. The number of hydrogen-bond acceptors (Lipinski definition) is 3. The predicted octanol–water partition coefficient (Wildman–Crippen LogP) is 3.26. The zero-order valence-electron chi connectivity index (χ0n) is 10.5. The average molecular weight is 309 g/mol. The van der Waals surface area contributed by atoms with E-state index in [4.69, 9.17) is 0 Å². The van der Waals surface area contributed by atoms with Gasteiger partial charge in [0.25, 0.3) is 0 Å². The lowest BCUT2D eigenvalue weighted by Gasteiger charge is -2.29. The van der Waals surface area contributed by atoms with Crippen molar-refractivity contribution < 1.29 is 0 Å². The van der Waals surface area contributed by atoms with Gasteiger partial charge in [0.1, 0.15) is 4.60 Å². The van der Waals surface area contributed by atoms with Crippen LogP contribution in [-0.4, -0.2) is 27.0 Å². The third kappa shape index (κ3) is 2.00. The molecule has 1 fully saturated rings. The molecule has 0 spiro atoms. The highest BCUT2D eigenvalue weighted by Gasteiger charge is 2.24. The standard InChI is InChI=1S/C13H17BrN4/c1-2-18(10-5-3-4-6-10)13-12-15-7-8-17(12)9-11(14)16-13/h7-10H,2-6H2,1H3. The van der Waals surface area contributed by atoms with E-state index in [9.17, 15) is 0 Å². The molecule has 0 N–H and O–H groups in total. The fourth-order valence-electron chi connectivity index (χ4n) is 2.87. The maximum atomic E-state index is 4.65. The van der Waals surface area contributed by atoms with Crippen molar-refractivity contribution in [3.63, 3.8) is 0 Å². The lowest BCUT2D eigenvalue weighted by Crippen LogP contribution is -2.34. The highest BCUT2D eigenvalue weighted by atomic mass is 79.9. The Balaban J connectivity index is 2.07. The Morgan fingerprint density at radius 1 is 1.44 bits per heavy atom. The molecule has 1 saturated carbocycles. The van der Waals surface area contributed by atoms with E-state index in [0.29, 0.717) is 6.04 Å². The Labute approximate surface area is 115 Å². The molecule has 1 aliphatic rings. The Hall–Kier alpha value is -1.10. The number of hydrogen-bond donors (Lipinski definition) is 0. The van der Waals surface area contributed by atoms with E-state index in [1.165, 1.54) is 25.7 Å². The van der Waals surface area contributed by atoms with Crippen molar-refractivity contribution in [2.75, 3.05) is 11.4 Å². The molecule has 0 aliphatic heterocycles. The van der Waals surface area contributed by atoms with Gasteiger partial charge in [-0.25, -0.2) is 9.97 Å². The van der Waals surface area contributed by atoms with E-state index < -0.39 is 0 Å². The van der Waals surface area contributed by atoms with Gasteiger partial charge in [0.05, 0.1) is 0 Å². The van der Waals surface area contributed by atoms with E-state index in [1.807, 2.05) is 23.0 Å². The van der Waals surface area contributed by atoms with Crippen molar-refractivity contribution in [3.8, 4) is 0 Å². The van der Waals surface area contributed by atoms with Gasteiger partial charge in [-0.15, -0.1) is 0 Å². The van der Waals surface area contributed by atoms with Crippen LogP contribution in [0.4, 0.5) is 5.82 Å². The smallest absolute Gasteiger partial charge is 0.180 e. The number of rotatable bonds is 3. The zero-order valence-corrected chi connectivity index (χ0v) is 12.1. The predicted molar refractivity (Wildman–Crippen MR) is 76.0 cm³/mol. The third-order valence-electron chi connectivity index (χ3n) is 3.71. The minimum atomic E-state index is 0.622. The van der Waals surface area contributed by atoms with Crippen molar-refractivity contribution in [2.24, 2.45) is 0 Å². The lowest BCUT2D eigenvalue weighted by atomic mass is 10.2. The molecule has 0 atom stereocenters. The minimum absolute atomic E-state index is 0.622. The summed E-state index contributed by atoms with van der Waals surface area (Å²) in [4.78, 5) is 11.5. The normalized spacial score (nSPS) is 16.6. The first-order chi connectivity index (χ1) is 8.79. The van der Waals surface area contributed by atoms with E-state index in [2.05, 4.69) is 37.7 Å². The maximum Gasteiger partial charge on any atom is 0.180 e. The van der Waals surface area contributed by atoms with Crippen LogP contribution in [0.5, 0.6) is 0 Å². The van der Waals surface area contributed by atoms with Gasteiger partial charge in [0.2, 0.25) is 0 Å². The monoisotopic (exact) mass is 308 g/mol. The number of anilines is 1. The molecule has 18 heavy (non-hydrogen) atoms. The van der Waals surface area contributed by atoms with Crippen LogP contribution in [0.2, 0.25) is 0 Å². The van der Waals surface area contributed by atoms with Crippen molar-refractivity contribution >= 4 is 27.4 Å². The van der Waals surface area contributed by atoms with Gasteiger partial charge in [-0.2, -0.15) is 0 Å². The quantitative estimate of drug-likeness (QED) is 0.872. The molecular formula is C13H17BrN4. The summed E-state index contributed by atoms with van der Waals surface area (Å²) in [6.07, 6.45) is 11.0. The highest BCUT2D eigenvalue weighted by Crippen LogP contribution is 2.29. The molecule has 3 rings (SSSR count). The molecule has 2 aromatic rings. The minimum Gasteiger partial charge on any atom is -0.351 e. The molecule has 0 saturated heterocycles. The van der Waals surface area contributed by atoms with Crippen LogP contribution >= 0.6 is 15.9 Å². The van der Waals surface area contributed by atoms with E-state index in [-0.39, 0.29) is 0 Å². The summed E-state index contributed by atoms with van der Waals surface area (Å²) in [5.41, 5.74) is 0.951. The molecule has 2 heterocycles. The summed E-state index contributed by atoms with van der Waals surface area (Å²) in [5, 5.41) is 0. The second kappa shape index (κ2) is 4.88. The third-order valence-corrected chi connectivity index (χ3v) is 4.09. The first-order valence-electron chi connectivity index (χ1n) is 6.55. The van der Waals surface area contributed by atoms with E-state index in [0.717, 1.165) is 22.6 Å². The van der Waals surface area contributed by atoms with Gasteiger partial charge in [-0.3, -0.25) is 0 Å². The van der Waals surface area contributed by atoms with Gasteiger partial charge >= 0.3 is 0 Å². The highest BCUT2D eigenvalue weighted by molar-refractivity contribution is 9.10. The van der Waals surface area contributed by atoms with Crippen LogP contribution in [-0.2, 0) is 0 Å². The van der Waals surface area contributed by atoms with E-state index >= 15 is 0 Å².